The molecule has 7 heteroatoms. The highest BCUT2D eigenvalue weighted by Crippen LogP contribution is 2.31. The molecule has 1 aliphatic rings. The summed E-state index contributed by atoms with van der Waals surface area (Å²) in [5.41, 5.74) is 5.18. The zero-order valence-electron chi connectivity index (χ0n) is 21.8. The molecular formula is C33H28Cl2N4O. The summed E-state index contributed by atoms with van der Waals surface area (Å²) in [5.74, 6) is -0.0589. The van der Waals surface area contributed by atoms with Gasteiger partial charge in [-0.3, -0.25) is 9.69 Å². The SMILES string of the molecule is O=C(c1cc(-c2ccccc2Cl)nn1-c1ccc(Cl)cc1)N1CCN(C(c2ccccc2)c2ccccc2)CC1. The van der Waals surface area contributed by atoms with Crippen molar-refractivity contribution in [1.29, 1.82) is 0 Å². The summed E-state index contributed by atoms with van der Waals surface area (Å²) in [6.07, 6.45) is 0. The van der Waals surface area contributed by atoms with E-state index in [-0.39, 0.29) is 11.9 Å². The van der Waals surface area contributed by atoms with Gasteiger partial charge in [-0.15, -0.1) is 0 Å². The van der Waals surface area contributed by atoms with Crippen LogP contribution < -0.4 is 0 Å². The quantitative estimate of drug-likeness (QED) is 0.215. The van der Waals surface area contributed by atoms with Crippen LogP contribution in [0.15, 0.2) is 115 Å². The largest absolute Gasteiger partial charge is 0.335 e. The van der Waals surface area contributed by atoms with Gasteiger partial charge in [-0.1, -0.05) is 102 Å². The van der Waals surface area contributed by atoms with E-state index < -0.39 is 0 Å². The second-order valence-corrected chi connectivity index (χ2v) is 10.7. The van der Waals surface area contributed by atoms with Crippen molar-refractivity contribution >= 4 is 29.1 Å². The van der Waals surface area contributed by atoms with E-state index in [1.807, 2.05) is 59.5 Å². The van der Waals surface area contributed by atoms with Crippen LogP contribution in [-0.2, 0) is 0 Å². The van der Waals surface area contributed by atoms with Gasteiger partial charge in [0.2, 0.25) is 0 Å². The van der Waals surface area contributed by atoms with Crippen molar-refractivity contribution in [2.75, 3.05) is 26.2 Å². The molecule has 0 saturated carbocycles. The first-order valence-corrected chi connectivity index (χ1v) is 14.1. The molecule has 0 aliphatic carbocycles. The third kappa shape index (κ3) is 5.41. The van der Waals surface area contributed by atoms with Gasteiger partial charge in [-0.2, -0.15) is 5.10 Å². The number of piperazine rings is 1. The molecule has 1 aromatic heterocycles. The summed E-state index contributed by atoms with van der Waals surface area (Å²) < 4.78 is 1.69. The van der Waals surface area contributed by atoms with Gasteiger partial charge in [-0.05, 0) is 47.5 Å². The normalized spacial score (nSPS) is 14.0. The van der Waals surface area contributed by atoms with Crippen LogP contribution in [0.2, 0.25) is 10.0 Å². The summed E-state index contributed by atoms with van der Waals surface area (Å²) in [6.45, 7) is 2.74. The molecule has 0 unspecified atom stereocenters. The minimum absolute atomic E-state index is 0.0589. The molecule has 0 radical (unpaired) electrons. The van der Waals surface area contributed by atoms with Crippen LogP contribution >= 0.6 is 23.2 Å². The van der Waals surface area contributed by atoms with E-state index in [9.17, 15) is 4.79 Å². The molecule has 0 atom stereocenters. The maximum Gasteiger partial charge on any atom is 0.272 e. The molecule has 0 spiro atoms. The fourth-order valence-corrected chi connectivity index (χ4v) is 5.70. The van der Waals surface area contributed by atoms with Crippen LogP contribution in [0.25, 0.3) is 16.9 Å². The number of aromatic nitrogens is 2. The zero-order chi connectivity index (χ0) is 27.5. The second-order valence-electron chi connectivity index (χ2n) is 9.83. The lowest BCUT2D eigenvalue weighted by atomic mass is 9.96. The molecule has 2 heterocycles. The number of hydrogen-bond donors (Lipinski definition) is 0. The Labute approximate surface area is 244 Å². The Morgan fingerprint density at radius 2 is 1.27 bits per heavy atom. The lowest BCUT2D eigenvalue weighted by molar-refractivity contribution is 0.0589. The van der Waals surface area contributed by atoms with Gasteiger partial charge in [0, 0.05) is 36.8 Å². The maximum absolute atomic E-state index is 14.0. The van der Waals surface area contributed by atoms with Gasteiger partial charge in [0.15, 0.2) is 0 Å². The molecule has 1 saturated heterocycles. The van der Waals surface area contributed by atoms with Crippen LogP contribution in [-0.4, -0.2) is 51.7 Å². The van der Waals surface area contributed by atoms with Crippen molar-refractivity contribution in [1.82, 2.24) is 19.6 Å². The maximum atomic E-state index is 14.0. The number of nitrogens with zero attached hydrogens (tertiary/aromatic N) is 4. The Balaban J connectivity index is 1.28. The number of hydrogen-bond acceptors (Lipinski definition) is 3. The first-order valence-electron chi connectivity index (χ1n) is 13.3. The van der Waals surface area contributed by atoms with Crippen LogP contribution in [0.1, 0.15) is 27.7 Å². The third-order valence-electron chi connectivity index (χ3n) is 7.35. The highest BCUT2D eigenvalue weighted by molar-refractivity contribution is 6.33. The number of amides is 1. The van der Waals surface area contributed by atoms with Gasteiger partial charge in [0.05, 0.1) is 22.4 Å². The number of halogens is 2. The molecular weight excluding hydrogens is 539 g/mol. The molecule has 1 amide bonds. The molecule has 4 aromatic carbocycles. The molecule has 40 heavy (non-hydrogen) atoms. The van der Waals surface area contributed by atoms with Crippen LogP contribution in [0.5, 0.6) is 0 Å². The first kappa shape index (κ1) is 26.3. The van der Waals surface area contributed by atoms with Crippen molar-refractivity contribution in [3.05, 3.63) is 142 Å². The minimum Gasteiger partial charge on any atom is -0.335 e. The standard InChI is InChI=1S/C33H28Cl2N4O/c34-26-15-17-27(18-16-26)39-31(23-30(36-39)28-13-7-8-14-29(28)35)33(40)38-21-19-37(20-22-38)32(24-9-3-1-4-10-24)25-11-5-2-6-12-25/h1-18,23,32H,19-22H2. The van der Waals surface area contributed by atoms with Crippen LogP contribution in [0, 0.1) is 0 Å². The van der Waals surface area contributed by atoms with Crippen molar-refractivity contribution in [3.63, 3.8) is 0 Å². The van der Waals surface area contributed by atoms with Gasteiger partial charge in [0.25, 0.3) is 5.91 Å². The smallest absolute Gasteiger partial charge is 0.272 e. The van der Waals surface area contributed by atoms with E-state index in [1.54, 1.807) is 16.8 Å². The predicted octanol–water partition coefficient (Wildman–Crippen LogP) is 7.39. The van der Waals surface area contributed by atoms with Gasteiger partial charge < -0.3 is 4.90 Å². The summed E-state index contributed by atoms with van der Waals surface area (Å²) in [4.78, 5) is 18.4. The van der Waals surface area contributed by atoms with E-state index in [2.05, 4.69) is 53.4 Å². The highest BCUT2D eigenvalue weighted by Gasteiger charge is 2.30. The Kier molecular flexibility index (Phi) is 7.69. The Bertz CT molecular complexity index is 1560. The van der Waals surface area contributed by atoms with Crippen molar-refractivity contribution in [2.45, 2.75) is 6.04 Å². The van der Waals surface area contributed by atoms with Crippen molar-refractivity contribution < 1.29 is 4.79 Å². The molecule has 6 rings (SSSR count). The third-order valence-corrected chi connectivity index (χ3v) is 7.93. The Morgan fingerprint density at radius 3 is 1.88 bits per heavy atom. The van der Waals surface area contributed by atoms with Crippen LogP contribution in [0.3, 0.4) is 0 Å². The summed E-state index contributed by atoms with van der Waals surface area (Å²) in [6, 6.07) is 38.0. The predicted molar refractivity (Wildman–Crippen MR) is 161 cm³/mol. The molecule has 5 aromatic rings. The van der Waals surface area contributed by atoms with E-state index in [4.69, 9.17) is 28.3 Å². The molecule has 0 bridgehead atoms. The fourth-order valence-electron chi connectivity index (χ4n) is 5.34. The highest BCUT2D eigenvalue weighted by atomic mass is 35.5. The van der Waals surface area contributed by atoms with E-state index in [0.717, 1.165) is 24.3 Å². The molecule has 200 valence electrons. The molecule has 5 nitrogen and oxygen atoms in total. The number of benzene rings is 4. The lowest BCUT2D eigenvalue weighted by Crippen LogP contribution is -2.50. The van der Waals surface area contributed by atoms with E-state index >= 15 is 0 Å². The van der Waals surface area contributed by atoms with Gasteiger partial charge in [0.1, 0.15) is 5.69 Å². The van der Waals surface area contributed by atoms with E-state index in [0.29, 0.717) is 34.5 Å². The number of carbonyl (C=O) groups is 1. The van der Waals surface area contributed by atoms with E-state index in [1.165, 1.54) is 11.1 Å². The lowest BCUT2D eigenvalue weighted by Gasteiger charge is -2.39. The molecule has 1 fully saturated rings. The summed E-state index contributed by atoms with van der Waals surface area (Å²) in [5, 5.41) is 6.02. The Morgan fingerprint density at radius 1 is 0.700 bits per heavy atom. The van der Waals surface area contributed by atoms with Gasteiger partial charge >= 0.3 is 0 Å². The van der Waals surface area contributed by atoms with Crippen molar-refractivity contribution in [2.24, 2.45) is 0 Å². The first-order chi connectivity index (χ1) is 19.6. The summed E-state index contributed by atoms with van der Waals surface area (Å²) >= 11 is 12.6. The van der Waals surface area contributed by atoms with Gasteiger partial charge in [-0.25, -0.2) is 4.68 Å². The monoisotopic (exact) mass is 566 g/mol. The zero-order valence-corrected chi connectivity index (χ0v) is 23.3. The summed E-state index contributed by atoms with van der Waals surface area (Å²) in [7, 11) is 0. The molecule has 0 N–H and O–H groups in total. The number of rotatable bonds is 6. The second kappa shape index (κ2) is 11.7. The topological polar surface area (TPSA) is 41.4 Å². The number of carbonyl (C=O) groups excluding carboxylic acids is 1. The average molecular weight is 568 g/mol. The van der Waals surface area contributed by atoms with Crippen LogP contribution in [0.4, 0.5) is 0 Å². The Hall–Kier alpha value is -3.90. The average Bonchev–Trinajstić information content (AvgIpc) is 3.44. The fraction of sp³-hybridized carbons (Fsp3) is 0.152. The molecule has 1 aliphatic heterocycles. The van der Waals surface area contributed by atoms with Crippen molar-refractivity contribution in [3.8, 4) is 16.9 Å². The minimum atomic E-state index is -0.0589.